The van der Waals surface area contributed by atoms with Crippen LogP contribution in [-0.4, -0.2) is 41.9 Å². The van der Waals surface area contributed by atoms with Gasteiger partial charge in [-0.3, -0.25) is 4.79 Å². The van der Waals surface area contributed by atoms with Crippen molar-refractivity contribution in [3.05, 3.63) is 59.7 Å². The number of alkyl carbamates (subject to hydrolysis) is 1. The van der Waals surface area contributed by atoms with Crippen LogP contribution in [0.15, 0.2) is 48.5 Å². The number of ether oxygens (including phenoxy) is 2. The van der Waals surface area contributed by atoms with Crippen molar-refractivity contribution in [2.45, 2.75) is 51.7 Å². The van der Waals surface area contributed by atoms with E-state index in [0.29, 0.717) is 12.8 Å². The number of esters is 1. The number of methoxy groups -OCH3 is 1. The lowest BCUT2D eigenvalue weighted by atomic mass is 9.99. The average Bonchev–Trinajstić information content (AvgIpc) is 2.71. The minimum atomic E-state index is -1.13. The normalized spacial score (nSPS) is 12.0. The largest absolute Gasteiger partial charge is 0.480 e. The van der Waals surface area contributed by atoms with Crippen LogP contribution in [-0.2, 0) is 31.9 Å². The molecule has 0 aliphatic rings. The Balaban J connectivity index is 2.00. The van der Waals surface area contributed by atoms with Crippen LogP contribution < -0.4 is 5.32 Å². The molecule has 0 aliphatic carbocycles. The number of rotatable bonds is 8. The summed E-state index contributed by atoms with van der Waals surface area (Å²) in [5.74, 6) is -1.36. The lowest BCUT2D eigenvalue weighted by molar-refractivity contribution is -0.141. The van der Waals surface area contributed by atoms with Gasteiger partial charge in [-0.05, 0) is 49.4 Å². The summed E-state index contributed by atoms with van der Waals surface area (Å²) >= 11 is 0. The number of carboxylic acids is 1. The molecule has 1 unspecified atom stereocenters. The van der Waals surface area contributed by atoms with Crippen molar-refractivity contribution in [1.29, 1.82) is 0 Å². The van der Waals surface area contributed by atoms with Gasteiger partial charge >= 0.3 is 18.0 Å². The Morgan fingerprint density at radius 1 is 0.935 bits per heavy atom. The molecule has 2 aromatic carbocycles. The fraction of sp³-hybridized carbons (Fsp3) is 0.375. The predicted octanol–water partition coefficient (Wildman–Crippen LogP) is 3.98. The van der Waals surface area contributed by atoms with E-state index in [9.17, 15) is 19.5 Å². The van der Waals surface area contributed by atoms with Gasteiger partial charge in [0.2, 0.25) is 0 Å². The summed E-state index contributed by atoms with van der Waals surface area (Å²) in [6, 6.07) is 14.3. The number of amides is 1. The summed E-state index contributed by atoms with van der Waals surface area (Å²) in [5, 5.41) is 11.8. The Bertz CT molecular complexity index is 897. The van der Waals surface area contributed by atoms with Gasteiger partial charge in [-0.15, -0.1) is 0 Å². The van der Waals surface area contributed by atoms with Crippen LogP contribution in [0.5, 0.6) is 0 Å². The number of carboxylic acid groups (broad SMARTS) is 1. The Labute approximate surface area is 182 Å². The number of benzene rings is 2. The van der Waals surface area contributed by atoms with Gasteiger partial charge in [-0.25, -0.2) is 9.59 Å². The van der Waals surface area contributed by atoms with E-state index in [2.05, 4.69) is 10.1 Å². The summed E-state index contributed by atoms with van der Waals surface area (Å²) in [5.41, 5.74) is 3.11. The quantitative estimate of drug-likeness (QED) is 0.618. The van der Waals surface area contributed by atoms with Gasteiger partial charge in [-0.1, -0.05) is 48.5 Å². The molecule has 7 heteroatoms. The zero-order valence-corrected chi connectivity index (χ0v) is 18.3. The van der Waals surface area contributed by atoms with E-state index in [-0.39, 0.29) is 12.4 Å². The number of hydrogen-bond acceptors (Lipinski definition) is 5. The molecule has 1 atom stereocenters. The molecule has 0 heterocycles. The zero-order chi connectivity index (χ0) is 23.0. The minimum Gasteiger partial charge on any atom is -0.480 e. The Morgan fingerprint density at radius 2 is 1.45 bits per heavy atom. The van der Waals surface area contributed by atoms with Crippen molar-refractivity contribution in [3.63, 3.8) is 0 Å². The van der Waals surface area contributed by atoms with Crippen LogP contribution >= 0.6 is 0 Å². The van der Waals surface area contributed by atoms with Crippen molar-refractivity contribution in [2.75, 3.05) is 7.11 Å². The molecular formula is C24H29NO6. The molecule has 0 aliphatic heterocycles. The number of aryl methyl sites for hydroxylation is 1. The first-order valence-corrected chi connectivity index (χ1v) is 10.0. The van der Waals surface area contributed by atoms with Gasteiger partial charge in [0.25, 0.3) is 0 Å². The molecule has 31 heavy (non-hydrogen) atoms. The highest BCUT2D eigenvalue weighted by Gasteiger charge is 2.24. The molecule has 2 rings (SSSR count). The number of carbonyl (C=O) groups is 3. The molecule has 1 amide bonds. The fourth-order valence-electron chi connectivity index (χ4n) is 2.93. The van der Waals surface area contributed by atoms with Crippen LogP contribution in [0.1, 0.15) is 38.3 Å². The van der Waals surface area contributed by atoms with Crippen LogP contribution in [0.2, 0.25) is 0 Å². The minimum absolute atomic E-state index is 0.140. The molecule has 2 N–H and O–H groups in total. The third-order valence-electron chi connectivity index (χ3n) is 4.52. The molecule has 0 bridgehead atoms. The molecule has 0 saturated heterocycles. The molecule has 0 aromatic heterocycles. The van der Waals surface area contributed by atoms with E-state index < -0.39 is 23.7 Å². The molecule has 2 aromatic rings. The highest BCUT2D eigenvalue weighted by atomic mass is 16.6. The molecule has 7 nitrogen and oxygen atoms in total. The summed E-state index contributed by atoms with van der Waals surface area (Å²) < 4.78 is 9.80. The van der Waals surface area contributed by atoms with E-state index in [4.69, 9.17) is 4.74 Å². The molecule has 0 fully saturated rings. The number of carbonyl (C=O) groups excluding carboxylic acids is 2. The topological polar surface area (TPSA) is 102 Å². The first-order chi connectivity index (χ1) is 14.6. The molecule has 0 saturated carbocycles. The molecular weight excluding hydrogens is 398 g/mol. The maximum atomic E-state index is 11.9. The Morgan fingerprint density at radius 3 is 1.90 bits per heavy atom. The first kappa shape index (κ1) is 23.9. The molecule has 0 spiro atoms. The average molecular weight is 427 g/mol. The van der Waals surface area contributed by atoms with Gasteiger partial charge in [0.15, 0.2) is 0 Å². The van der Waals surface area contributed by atoms with Crippen LogP contribution in [0, 0.1) is 0 Å². The van der Waals surface area contributed by atoms with E-state index in [1.54, 1.807) is 20.8 Å². The maximum absolute atomic E-state index is 11.9. The predicted molar refractivity (Wildman–Crippen MR) is 117 cm³/mol. The van der Waals surface area contributed by atoms with Crippen molar-refractivity contribution in [3.8, 4) is 11.1 Å². The Kier molecular flexibility index (Phi) is 8.19. The molecule has 0 radical (unpaired) electrons. The first-order valence-electron chi connectivity index (χ1n) is 10.0. The highest BCUT2D eigenvalue weighted by Crippen LogP contribution is 2.21. The maximum Gasteiger partial charge on any atom is 0.408 e. The second-order valence-corrected chi connectivity index (χ2v) is 8.21. The van der Waals surface area contributed by atoms with Crippen molar-refractivity contribution in [2.24, 2.45) is 0 Å². The van der Waals surface area contributed by atoms with Gasteiger partial charge in [0, 0.05) is 12.8 Å². The van der Waals surface area contributed by atoms with Gasteiger partial charge in [-0.2, -0.15) is 0 Å². The third-order valence-corrected chi connectivity index (χ3v) is 4.52. The van der Waals surface area contributed by atoms with Crippen LogP contribution in [0.25, 0.3) is 11.1 Å². The number of nitrogens with one attached hydrogen (secondary N) is 1. The van der Waals surface area contributed by atoms with E-state index in [0.717, 1.165) is 22.3 Å². The third kappa shape index (κ3) is 8.12. The van der Waals surface area contributed by atoms with E-state index in [1.807, 2.05) is 48.5 Å². The smallest absolute Gasteiger partial charge is 0.408 e. The highest BCUT2D eigenvalue weighted by molar-refractivity contribution is 5.80. The van der Waals surface area contributed by atoms with Crippen molar-refractivity contribution in [1.82, 2.24) is 5.32 Å². The van der Waals surface area contributed by atoms with Crippen LogP contribution in [0.3, 0.4) is 0 Å². The second kappa shape index (κ2) is 10.6. The van der Waals surface area contributed by atoms with E-state index in [1.165, 1.54) is 7.11 Å². The summed E-state index contributed by atoms with van der Waals surface area (Å²) in [7, 11) is 1.38. The fourth-order valence-corrected chi connectivity index (χ4v) is 2.93. The van der Waals surface area contributed by atoms with Gasteiger partial charge in [0.1, 0.15) is 11.6 Å². The van der Waals surface area contributed by atoms with Gasteiger partial charge in [0.05, 0.1) is 7.11 Å². The van der Waals surface area contributed by atoms with Crippen molar-refractivity contribution < 1.29 is 29.0 Å². The summed E-state index contributed by atoms with van der Waals surface area (Å²) in [6.07, 6.45) is 0.338. The van der Waals surface area contributed by atoms with Gasteiger partial charge < -0.3 is 19.9 Å². The molecule has 166 valence electrons. The Hall–Kier alpha value is -3.35. The lowest BCUT2D eigenvalue weighted by Gasteiger charge is -2.22. The van der Waals surface area contributed by atoms with E-state index >= 15 is 0 Å². The second-order valence-electron chi connectivity index (χ2n) is 8.21. The lowest BCUT2D eigenvalue weighted by Crippen LogP contribution is -2.44. The summed E-state index contributed by atoms with van der Waals surface area (Å²) in [4.78, 5) is 34.7. The zero-order valence-electron chi connectivity index (χ0n) is 18.3. The standard InChI is InChI=1S/C24H29NO6/c1-24(2,3)31-23(29)25-20(22(27)28)15-17-7-12-19(13-8-17)18-10-5-16(6-11-18)9-14-21(26)30-4/h5-8,10-13,20H,9,14-15H2,1-4H3,(H,25,29)(H,27,28). The number of hydrogen-bond donors (Lipinski definition) is 2. The van der Waals surface area contributed by atoms with Crippen LogP contribution in [0.4, 0.5) is 4.79 Å². The monoisotopic (exact) mass is 427 g/mol. The number of aliphatic carboxylic acids is 1. The van der Waals surface area contributed by atoms with Crippen molar-refractivity contribution >= 4 is 18.0 Å². The SMILES string of the molecule is COC(=O)CCc1ccc(-c2ccc(CC(NC(=O)OC(C)(C)C)C(=O)O)cc2)cc1. The summed E-state index contributed by atoms with van der Waals surface area (Å²) in [6.45, 7) is 5.15.